The highest BCUT2D eigenvalue weighted by Gasteiger charge is 2.12. The second kappa shape index (κ2) is 4.94. The number of benzene rings is 1. The Labute approximate surface area is 95.1 Å². The fourth-order valence-electron chi connectivity index (χ4n) is 1.89. The van der Waals surface area contributed by atoms with E-state index in [1.807, 2.05) is 30.3 Å². The second-order valence-electron chi connectivity index (χ2n) is 3.80. The average Bonchev–Trinajstić information content (AvgIpc) is 2.74. The van der Waals surface area contributed by atoms with Crippen LogP contribution in [0.3, 0.4) is 0 Å². The third-order valence-electron chi connectivity index (χ3n) is 2.66. The van der Waals surface area contributed by atoms with E-state index in [2.05, 4.69) is 17.1 Å². The summed E-state index contributed by atoms with van der Waals surface area (Å²) in [6.07, 6.45) is 1.99. The van der Waals surface area contributed by atoms with Crippen molar-refractivity contribution < 1.29 is 5.11 Å². The highest BCUT2D eigenvalue weighted by atomic mass is 16.3. The first kappa shape index (κ1) is 10.9. The molecule has 0 amide bonds. The predicted molar refractivity (Wildman–Crippen MR) is 63.9 cm³/mol. The minimum Gasteiger partial charge on any atom is -0.390 e. The molecule has 2 rings (SSSR count). The van der Waals surface area contributed by atoms with Gasteiger partial charge in [-0.1, -0.05) is 43.7 Å². The number of aliphatic hydroxyl groups is 1. The standard InChI is InChI=1S/C13H16N2O/c1-2-6-11-12(9-16)14-15-13(11)10-7-4-3-5-8-10/h3-5,7-8,16H,2,6,9H2,1H3,(H,14,15). The maximum Gasteiger partial charge on any atom is 0.0956 e. The molecule has 1 heterocycles. The fraction of sp³-hybridized carbons (Fsp3) is 0.308. The Morgan fingerprint density at radius 2 is 2.00 bits per heavy atom. The number of aromatic nitrogens is 2. The molecule has 2 aromatic rings. The van der Waals surface area contributed by atoms with Crippen LogP contribution in [0, 0.1) is 0 Å². The summed E-state index contributed by atoms with van der Waals surface area (Å²) in [5.41, 5.74) is 4.03. The van der Waals surface area contributed by atoms with Crippen LogP contribution in [0.25, 0.3) is 11.3 Å². The van der Waals surface area contributed by atoms with Crippen LogP contribution in [0.2, 0.25) is 0 Å². The molecule has 0 unspecified atom stereocenters. The van der Waals surface area contributed by atoms with Gasteiger partial charge in [-0.05, 0) is 6.42 Å². The molecule has 3 heteroatoms. The lowest BCUT2D eigenvalue weighted by Crippen LogP contribution is -1.92. The van der Waals surface area contributed by atoms with Crippen LogP contribution in [0.15, 0.2) is 30.3 Å². The molecule has 0 aliphatic heterocycles. The topological polar surface area (TPSA) is 48.9 Å². The van der Waals surface area contributed by atoms with E-state index in [-0.39, 0.29) is 6.61 Å². The number of hydrogen-bond acceptors (Lipinski definition) is 2. The molecule has 3 nitrogen and oxygen atoms in total. The molecule has 1 aromatic heterocycles. The van der Waals surface area contributed by atoms with Gasteiger partial charge in [-0.25, -0.2) is 0 Å². The molecule has 0 atom stereocenters. The number of aromatic amines is 1. The number of H-pyrrole nitrogens is 1. The van der Waals surface area contributed by atoms with Crippen LogP contribution < -0.4 is 0 Å². The lowest BCUT2D eigenvalue weighted by molar-refractivity contribution is 0.275. The van der Waals surface area contributed by atoms with Crippen molar-refractivity contribution in [3.05, 3.63) is 41.6 Å². The smallest absolute Gasteiger partial charge is 0.0956 e. The van der Waals surface area contributed by atoms with E-state index >= 15 is 0 Å². The molecule has 0 aliphatic carbocycles. The number of aliphatic hydroxyl groups excluding tert-OH is 1. The van der Waals surface area contributed by atoms with Crippen molar-refractivity contribution in [1.82, 2.24) is 10.2 Å². The highest BCUT2D eigenvalue weighted by Crippen LogP contribution is 2.24. The van der Waals surface area contributed by atoms with Gasteiger partial charge in [0.1, 0.15) is 0 Å². The largest absolute Gasteiger partial charge is 0.390 e. The molecular weight excluding hydrogens is 200 g/mol. The van der Waals surface area contributed by atoms with Gasteiger partial charge in [0.15, 0.2) is 0 Å². The summed E-state index contributed by atoms with van der Waals surface area (Å²) in [5.74, 6) is 0. The van der Waals surface area contributed by atoms with Crippen LogP contribution in [0.4, 0.5) is 0 Å². The molecular formula is C13H16N2O. The fourth-order valence-corrected chi connectivity index (χ4v) is 1.89. The Balaban J connectivity index is 2.44. The average molecular weight is 216 g/mol. The first-order valence-corrected chi connectivity index (χ1v) is 5.59. The second-order valence-corrected chi connectivity index (χ2v) is 3.80. The molecule has 0 radical (unpaired) electrons. The van der Waals surface area contributed by atoms with Crippen molar-refractivity contribution in [3.63, 3.8) is 0 Å². The quantitative estimate of drug-likeness (QED) is 0.825. The Hall–Kier alpha value is -1.61. The summed E-state index contributed by atoms with van der Waals surface area (Å²) in [5, 5.41) is 16.4. The van der Waals surface area contributed by atoms with Crippen LogP contribution in [0.5, 0.6) is 0 Å². The third kappa shape index (κ3) is 1.99. The predicted octanol–water partition coefficient (Wildman–Crippen LogP) is 2.52. The zero-order chi connectivity index (χ0) is 11.4. The van der Waals surface area contributed by atoms with Gasteiger partial charge in [0.2, 0.25) is 0 Å². The van der Waals surface area contributed by atoms with Crippen LogP contribution in [-0.2, 0) is 13.0 Å². The van der Waals surface area contributed by atoms with Gasteiger partial charge in [0.25, 0.3) is 0 Å². The molecule has 0 bridgehead atoms. The van der Waals surface area contributed by atoms with E-state index in [9.17, 15) is 5.11 Å². The van der Waals surface area contributed by atoms with E-state index in [0.717, 1.165) is 35.4 Å². The van der Waals surface area contributed by atoms with Gasteiger partial charge in [-0.2, -0.15) is 5.10 Å². The van der Waals surface area contributed by atoms with Gasteiger partial charge in [-0.15, -0.1) is 0 Å². The summed E-state index contributed by atoms with van der Waals surface area (Å²) in [6, 6.07) is 10.1. The summed E-state index contributed by atoms with van der Waals surface area (Å²) in [6.45, 7) is 2.15. The Morgan fingerprint density at radius 1 is 1.25 bits per heavy atom. The van der Waals surface area contributed by atoms with Gasteiger partial charge in [-0.3, -0.25) is 5.10 Å². The minimum atomic E-state index is 0.0230. The maximum atomic E-state index is 9.23. The summed E-state index contributed by atoms with van der Waals surface area (Å²) in [7, 11) is 0. The first-order chi connectivity index (χ1) is 7.86. The molecule has 84 valence electrons. The zero-order valence-corrected chi connectivity index (χ0v) is 9.40. The normalized spacial score (nSPS) is 10.6. The first-order valence-electron chi connectivity index (χ1n) is 5.59. The van der Waals surface area contributed by atoms with E-state index in [1.165, 1.54) is 0 Å². The molecule has 0 saturated carbocycles. The Bertz CT molecular complexity index is 448. The van der Waals surface area contributed by atoms with E-state index in [0.29, 0.717) is 0 Å². The summed E-state index contributed by atoms with van der Waals surface area (Å²) < 4.78 is 0. The number of hydrogen-bond donors (Lipinski definition) is 2. The van der Waals surface area contributed by atoms with Gasteiger partial charge >= 0.3 is 0 Å². The lowest BCUT2D eigenvalue weighted by Gasteiger charge is -2.02. The van der Waals surface area contributed by atoms with Crippen molar-refractivity contribution in [2.24, 2.45) is 0 Å². The SMILES string of the molecule is CCCc1c(-c2ccccc2)n[nH]c1CO. The van der Waals surface area contributed by atoms with Crippen LogP contribution >= 0.6 is 0 Å². The molecule has 0 fully saturated rings. The van der Waals surface area contributed by atoms with E-state index in [1.54, 1.807) is 0 Å². The molecule has 1 aromatic carbocycles. The molecule has 0 spiro atoms. The number of nitrogens with one attached hydrogen (secondary N) is 1. The monoisotopic (exact) mass is 216 g/mol. The summed E-state index contributed by atoms with van der Waals surface area (Å²) >= 11 is 0. The van der Waals surface area contributed by atoms with Crippen molar-refractivity contribution in [2.75, 3.05) is 0 Å². The third-order valence-corrected chi connectivity index (χ3v) is 2.66. The molecule has 2 N–H and O–H groups in total. The molecule has 0 aliphatic rings. The Morgan fingerprint density at radius 3 is 2.62 bits per heavy atom. The van der Waals surface area contributed by atoms with Crippen molar-refractivity contribution in [3.8, 4) is 11.3 Å². The zero-order valence-electron chi connectivity index (χ0n) is 9.40. The van der Waals surface area contributed by atoms with Crippen LogP contribution in [0.1, 0.15) is 24.6 Å². The summed E-state index contributed by atoms with van der Waals surface area (Å²) in [4.78, 5) is 0. The molecule has 16 heavy (non-hydrogen) atoms. The van der Waals surface area contributed by atoms with Gasteiger partial charge in [0, 0.05) is 11.1 Å². The number of rotatable bonds is 4. The van der Waals surface area contributed by atoms with Crippen molar-refractivity contribution in [1.29, 1.82) is 0 Å². The van der Waals surface area contributed by atoms with Crippen LogP contribution in [-0.4, -0.2) is 15.3 Å². The number of nitrogens with zero attached hydrogens (tertiary/aromatic N) is 1. The van der Waals surface area contributed by atoms with Gasteiger partial charge in [0.05, 0.1) is 18.0 Å². The Kier molecular flexibility index (Phi) is 3.37. The maximum absolute atomic E-state index is 9.23. The minimum absolute atomic E-state index is 0.0230. The van der Waals surface area contributed by atoms with Crippen molar-refractivity contribution >= 4 is 0 Å². The van der Waals surface area contributed by atoms with E-state index < -0.39 is 0 Å². The van der Waals surface area contributed by atoms with Gasteiger partial charge < -0.3 is 5.11 Å². The lowest BCUT2D eigenvalue weighted by atomic mass is 10.0. The van der Waals surface area contributed by atoms with Crippen molar-refractivity contribution in [2.45, 2.75) is 26.4 Å². The molecule has 0 saturated heterocycles. The highest BCUT2D eigenvalue weighted by molar-refractivity contribution is 5.63. The van der Waals surface area contributed by atoms with E-state index in [4.69, 9.17) is 0 Å².